The number of halogens is 2. The maximum atomic E-state index is 15.0. The van der Waals surface area contributed by atoms with Crippen molar-refractivity contribution < 1.29 is 32.6 Å². The Hall–Kier alpha value is -3.44. The molecule has 0 bridgehead atoms. The minimum Gasteiger partial charge on any atom is -0.443 e. The summed E-state index contributed by atoms with van der Waals surface area (Å²) < 4.78 is 39.7. The summed E-state index contributed by atoms with van der Waals surface area (Å²) in [6, 6.07) is 2.01. The van der Waals surface area contributed by atoms with Gasteiger partial charge >= 0.3 is 18.2 Å². The second kappa shape index (κ2) is 10.7. The summed E-state index contributed by atoms with van der Waals surface area (Å²) in [5.41, 5.74) is -2.06. The lowest BCUT2D eigenvalue weighted by Crippen LogP contribution is -2.60. The van der Waals surface area contributed by atoms with Gasteiger partial charge in [0.1, 0.15) is 22.8 Å². The molecule has 1 fully saturated rings. The first-order valence-corrected chi connectivity index (χ1v) is 11.4. The molecule has 4 amide bonds. The van der Waals surface area contributed by atoms with Crippen molar-refractivity contribution in [1.82, 2.24) is 19.6 Å². The molecule has 12 heteroatoms. The van der Waals surface area contributed by atoms with Crippen LogP contribution in [-0.2, 0) is 16.0 Å². The smallest absolute Gasteiger partial charge is 0.437 e. The van der Waals surface area contributed by atoms with Crippen LogP contribution in [0.1, 0.15) is 52.7 Å². The van der Waals surface area contributed by atoms with Crippen LogP contribution < -0.4 is 0 Å². The topological polar surface area (TPSA) is 95.0 Å². The summed E-state index contributed by atoms with van der Waals surface area (Å²) >= 11 is 0. The van der Waals surface area contributed by atoms with Gasteiger partial charge in [-0.1, -0.05) is 6.07 Å². The van der Waals surface area contributed by atoms with Gasteiger partial charge in [0, 0.05) is 25.2 Å². The van der Waals surface area contributed by atoms with Crippen molar-refractivity contribution in [3.8, 4) is 0 Å². The first-order valence-electron chi connectivity index (χ1n) is 11.4. The standard InChI is InChI=1S/C24H35F2N5O5/c1-15-17(25)11-10-16(18(15)26)12-31(22(34)36-24(5,6)7)19(27-20(32)35-23(2,3)4)30-13-28(8)21(33)29(9)14-30/h10-11H,12-14H2,1-9H3. The van der Waals surface area contributed by atoms with Crippen LogP contribution >= 0.6 is 0 Å². The van der Waals surface area contributed by atoms with Gasteiger partial charge in [-0.25, -0.2) is 28.1 Å². The van der Waals surface area contributed by atoms with Crippen LogP contribution in [-0.4, -0.2) is 82.4 Å². The number of hydrogen-bond donors (Lipinski definition) is 0. The van der Waals surface area contributed by atoms with Gasteiger partial charge in [-0.3, -0.25) is 0 Å². The van der Waals surface area contributed by atoms with Gasteiger partial charge in [-0.05, 0) is 54.5 Å². The zero-order chi connectivity index (χ0) is 27.6. The zero-order valence-corrected chi connectivity index (χ0v) is 22.3. The number of rotatable bonds is 2. The van der Waals surface area contributed by atoms with E-state index in [1.165, 1.54) is 41.8 Å². The van der Waals surface area contributed by atoms with Crippen LogP contribution in [0.4, 0.5) is 23.2 Å². The van der Waals surface area contributed by atoms with Crippen molar-refractivity contribution in [2.24, 2.45) is 4.99 Å². The fraction of sp³-hybridized carbons (Fsp3) is 0.583. The van der Waals surface area contributed by atoms with Gasteiger partial charge in [0.25, 0.3) is 0 Å². The van der Waals surface area contributed by atoms with E-state index in [2.05, 4.69) is 4.99 Å². The van der Waals surface area contributed by atoms with Crippen molar-refractivity contribution >= 4 is 24.2 Å². The van der Waals surface area contributed by atoms with Crippen LogP contribution in [0.5, 0.6) is 0 Å². The molecule has 0 atom stereocenters. The molecule has 1 heterocycles. The summed E-state index contributed by atoms with van der Waals surface area (Å²) in [5.74, 6) is -1.80. The predicted octanol–water partition coefficient (Wildman–Crippen LogP) is 4.52. The molecule has 0 radical (unpaired) electrons. The van der Waals surface area contributed by atoms with Gasteiger partial charge in [-0.15, -0.1) is 4.99 Å². The monoisotopic (exact) mass is 511 g/mol. The summed E-state index contributed by atoms with van der Waals surface area (Å²) in [4.78, 5) is 47.6. The molecule has 0 aliphatic carbocycles. The highest BCUT2D eigenvalue weighted by atomic mass is 19.1. The van der Waals surface area contributed by atoms with E-state index in [0.29, 0.717) is 0 Å². The Labute approximate surface area is 210 Å². The highest BCUT2D eigenvalue weighted by molar-refractivity contribution is 5.99. The van der Waals surface area contributed by atoms with Gasteiger partial charge in [0.05, 0.1) is 19.9 Å². The van der Waals surface area contributed by atoms with Crippen LogP contribution in [0.15, 0.2) is 17.1 Å². The minimum absolute atomic E-state index is 0.0218. The van der Waals surface area contributed by atoms with E-state index in [1.54, 1.807) is 41.5 Å². The summed E-state index contributed by atoms with van der Waals surface area (Å²) in [6.07, 6.45) is -1.92. The van der Waals surface area contributed by atoms with Gasteiger partial charge in [0.15, 0.2) is 0 Å². The minimum atomic E-state index is -0.996. The fourth-order valence-corrected chi connectivity index (χ4v) is 3.31. The average molecular weight is 512 g/mol. The Morgan fingerprint density at radius 1 is 1.00 bits per heavy atom. The second-order valence-corrected chi connectivity index (χ2v) is 10.6. The second-order valence-electron chi connectivity index (χ2n) is 10.6. The van der Waals surface area contributed by atoms with Crippen molar-refractivity contribution in [3.05, 3.63) is 34.9 Å². The van der Waals surface area contributed by atoms with Crippen molar-refractivity contribution in [3.63, 3.8) is 0 Å². The van der Waals surface area contributed by atoms with E-state index < -0.39 is 41.6 Å². The number of hydrogen-bond acceptors (Lipinski definition) is 5. The first kappa shape index (κ1) is 28.8. The molecule has 1 aromatic rings. The Bertz CT molecular complexity index is 1030. The normalized spacial score (nSPS) is 15.2. The van der Waals surface area contributed by atoms with Crippen LogP contribution in [0.25, 0.3) is 0 Å². The van der Waals surface area contributed by atoms with E-state index in [4.69, 9.17) is 9.47 Å². The largest absolute Gasteiger partial charge is 0.443 e. The zero-order valence-electron chi connectivity index (χ0n) is 22.3. The van der Waals surface area contributed by atoms with Gasteiger partial charge < -0.3 is 24.2 Å². The number of amides is 4. The molecular weight excluding hydrogens is 476 g/mol. The quantitative estimate of drug-likeness (QED) is 0.428. The van der Waals surface area contributed by atoms with E-state index in [0.717, 1.165) is 11.0 Å². The first-order chi connectivity index (χ1) is 16.4. The number of nitrogens with zero attached hydrogens (tertiary/aromatic N) is 5. The van der Waals surface area contributed by atoms with Crippen molar-refractivity contribution in [1.29, 1.82) is 0 Å². The maximum absolute atomic E-state index is 15.0. The maximum Gasteiger partial charge on any atom is 0.437 e. The number of carbonyl (C=O) groups excluding carboxylic acids is 3. The molecule has 1 aromatic carbocycles. The van der Waals surface area contributed by atoms with Crippen molar-refractivity contribution in [2.75, 3.05) is 27.4 Å². The van der Waals surface area contributed by atoms with Crippen molar-refractivity contribution in [2.45, 2.75) is 66.2 Å². The molecule has 36 heavy (non-hydrogen) atoms. The number of urea groups is 1. The number of aliphatic imine (C=N–C) groups is 1. The lowest BCUT2D eigenvalue weighted by molar-refractivity contribution is 0.0299. The molecule has 1 aliphatic heterocycles. The summed E-state index contributed by atoms with van der Waals surface area (Å²) in [6.45, 7) is 10.7. The van der Waals surface area contributed by atoms with E-state index in [1.807, 2.05) is 0 Å². The summed E-state index contributed by atoms with van der Waals surface area (Å²) in [7, 11) is 3.08. The van der Waals surface area contributed by atoms with E-state index in [-0.39, 0.29) is 36.5 Å². The summed E-state index contributed by atoms with van der Waals surface area (Å²) in [5, 5.41) is 0. The lowest BCUT2D eigenvalue weighted by atomic mass is 10.1. The Balaban J connectivity index is 2.64. The third-order valence-corrected chi connectivity index (χ3v) is 4.87. The Morgan fingerprint density at radius 2 is 1.53 bits per heavy atom. The SMILES string of the molecule is Cc1c(F)ccc(CN(C(=O)OC(C)(C)C)C(=NC(=O)OC(C)(C)C)N2CN(C)C(=O)N(C)C2)c1F. The molecule has 0 saturated carbocycles. The highest BCUT2D eigenvalue weighted by Gasteiger charge is 2.36. The molecule has 1 saturated heterocycles. The average Bonchev–Trinajstić information content (AvgIpc) is 2.71. The van der Waals surface area contributed by atoms with E-state index in [9.17, 15) is 23.2 Å². The molecule has 1 aliphatic rings. The molecule has 0 spiro atoms. The molecule has 200 valence electrons. The fourth-order valence-electron chi connectivity index (χ4n) is 3.31. The highest BCUT2D eigenvalue weighted by Crippen LogP contribution is 2.22. The van der Waals surface area contributed by atoms with Crippen LogP contribution in [0, 0.1) is 18.6 Å². The van der Waals surface area contributed by atoms with Crippen LogP contribution in [0.3, 0.4) is 0 Å². The number of guanidine groups is 1. The van der Waals surface area contributed by atoms with Gasteiger partial charge in [-0.2, -0.15) is 0 Å². The van der Waals surface area contributed by atoms with E-state index >= 15 is 0 Å². The number of ether oxygens (including phenoxy) is 2. The number of carbonyl (C=O) groups is 3. The Morgan fingerprint density at radius 3 is 2.03 bits per heavy atom. The predicted molar refractivity (Wildman–Crippen MR) is 129 cm³/mol. The lowest BCUT2D eigenvalue weighted by Gasteiger charge is -2.42. The molecule has 10 nitrogen and oxygen atoms in total. The third kappa shape index (κ3) is 7.53. The molecular formula is C24H35F2N5O5. The molecule has 0 N–H and O–H groups in total. The number of benzene rings is 1. The molecule has 0 aromatic heterocycles. The van der Waals surface area contributed by atoms with Gasteiger partial charge in [0.2, 0.25) is 5.96 Å². The van der Waals surface area contributed by atoms with Crippen LogP contribution in [0.2, 0.25) is 0 Å². The third-order valence-electron chi connectivity index (χ3n) is 4.87. The molecule has 0 unspecified atom stereocenters. The molecule has 2 rings (SSSR count). The Kier molecular flexibility index (Phi) is 8.53.